The summed E-state index contributed by atoms with van der Waals surface area (Å²) in [6.45, 7) is 3.94. The summed E-state index contributed by atoms with van der Waals surface area (Å²) in [5.41, 5.74) is 1.64. The topological polar surface area (TPSA) is 108 Å². The summed E-state index contributed by atoms with van der Waals surface area (Å²) in [6.07, 6.45) is 0.829. The van der Waals surface area contributed by atoms with Crippen molar-refractivity contribution in [3.63, 3.8) is 0 Å². The Kier molecular flexibility index (Phi) is 9.40. The zero-order valence-corrected chi connectivity index (χ0v) is 20.0. The van der Waals surface area contributed by atoms with Gasteiger partial charge in [0.15, 0.2) is 0 Å². The maximum Gasteiger partial charge on any atom is 0.405 e. The van der Waals surface area contributed by atoms with Crippen molar-refractivity contribution in [3.05, 3.63) is 120 Å². The highest BCUT2D eigenvalue weighted by molar-refractivity contribution is 5.86. The number of amides is 3. The summed E-state index contributed by atoms with van der Waals surface area (Å²) < 4.78 is 0. The first-order chi connectivity index (χ1) is 17.5. The normalized spacial score (nSPS) is 11.7. The molecule has 0 saturated heterocycles. The number of carbonyl (C=O) groups excluding carboxylic acids is 2. The van der Waals surface area contributed by atoms with E-state index in [1.165, 1.54) is 0 Å². The first-order valence-electron chi connectivity index (χ1n) is 11.8. The van der Waals surface area contributed by atoms with Crippen LogP contribution in [0.25, 0.3) is 0 Å². The molecule has 0 bridgehead atoms. The van der Waals surface area contributed by atoms with Gasteiger partial charge in [0.05, 0.1) is 0 Å². The summed E-state index contributed by atoms with van der Waals surface area (Å²) in [5.74, 6) is -0.796. The first kappa shape index (κ1) is 26.2. The van der Waals surface area contributed by atoms with Gasteiger partial charge < -0.3 is 21.1 Å². The van der Waals surface area contributed by atoms with E-state index in [-0.39, 0.29) is 18.7 Å². The van der Waals surface area contributed by atoms with Gasteiger partial charge in [0.2, 0.25) is 11.8 Å². The van der Waals surface area contributed by atoms with E-state index in [0.717, 1.165) is 16.7 Å². The summed E-state index contributed by atoms with van der Waals surface area (Å²) in [5, 5.41) is 17.3. The molecule has 0 fully saturated rings. The molecule has 3 rings (SSSR count). The summed E-state index contributed by atoms with van der Waals surface area (Å²) in [4.78, 5) is 37.2. The van der Waals surface area contributed by atoms with Crippen molar-refractivity contribution in [2.45, 2.75) is 30.8 Å². The van der Waals surface area contributed by atoms with Gasteiger partial charge in [0, 0.05) is 13.0 Å². The largest absolute Gasteiger partial charge is 0.465 e. The Balaban J connectivity index is 1.91. The highest BCUT2D eigenvalue weighted by Crippen LogP contribution is 2.36. The van der Waals surface area contributed by atoms with Crippen LogP contribution in [-0.2, 0) is 15.1 Å². The van der Waals surface area contributed by atoms with Crippen LogP contribution in [0.5, 0.6) is 0 Å². The predicted molar refractivity (Wildman–Crippen MR) is 139 cm³/mol. The van der Waals surface area contributed by atoms with E-state index in [1.54, 1.807) is 6.08 Å². The molecule has 1 atom stereocenters. The minimum Gasteiger partial charge on any atom is -0.465 e. The molecule has 3 amide bonds. The number of benzene rings is 3. The molecular weight excluding hydrogens is 454 g/mol. The third kappa shape index (κ3) is 6.60. The van der Waals surface area contributed by atoms with E-state index in [9.17, 15) is 19.5 Å². The Labute approximate surface area is 211 Å². The zero-order valence-electron chi connectivity index (χ0n) is 20.0. The van der Waals surface area contributed by atoms with Crippen LogP contribution in [0, 0.1) is 0 Å². The molecule has 0 radical (unpaired) electrons. The van der Waals surface area contributed by atoms with Crippen molar-refractivity contribution in [2.75, 3.05) is 6.54 Å². The Morgan fingerprint density at radius 2 is 1.31 bits per heavy atom. The Bertz CT molecular complexity index is 1050. The molecule has 7 heteroatoms. The molecule has 7 nitrogen and oxygen atoms in total. The summed E-state index contributed by atoms with van der Waals surface area (Å²) in [6, 6.07) is 28.0. The van der Waals surface area contributed by atoms with E-state index in [4.69, 9.17) is 0 Å². The SMILES string of the molecule is C=CCCNC(=O)C(CCC(=O)NC(c1ccccc1)(c1ccccc1)c1ccccc1)NC(=O)O. The van der Waals surface area contributed by atoms with Crippen LogP contribution in [-0.4, -0.2) is 35.6 Å². The molecule has 0 saturated carbocycles. The molecule has 1 unspecified atom stereocenters. The molecule has 3 aromatic rings. The number of hydrogen-bond donors (Lipinski definition) is 4. The van der Waals surface area contributed by atoms with Gasteiger partial charge >= 0.3 is 6.09 Å². The maximum atomic E-state index is 13.4. The van der Waals surface area contributed by atoms with Gasteiger partial charge in [-0.15, -0.1) is 6.58 Å². The number of carbonyl (C=O) groups is 3. The summed E-state index contributed by atoms with van der Waals surface area (Å²) in [7, 11) is 0. The van der Waals surface area contributed by atoms with E-state index < -0.39 is 23.6 Å². The van der Waals surface area contributed by atoms with E-state index in [2.05, 4.69) is 22.5 Å². The highest BCUT2D eigenvalue weighted by atomic mass is 16.4. The molecule has 3 aromatic carbocycles. The molecule has 0 heterocycles. The van der Waals surface area contributed by atoms with Gasteiger partial charge in [-0.05, 0) is 29.5 Å². The molecule has 0 aliphatic carbocycles. The lowest BCUT2D eigenvalue weighted by atomic mass is 9.77. The Hall–Kier alpha value is -4.39. The Morgan fingerprint density at radius 3 is 1.72 bits per heavy atom. The van der Waals surface area contributed by atoms with Crippen LogP contribution in [0.3, 0.4) is 0 Å². The molecule has 186 valence electrons. The van der Waals surface area contributed by atoms with Crippen molar-refractivity contribution in [3.8, 4) is 0 Å². The van der Waals surface area contributed by atoms with Crippen LogP contribution in [0.15, 0.2) is 104 Å². The molecule has 0 aliphatic heterocycles. The number of hydrogen-bond acceptors (Lipinski definition) is 3. The fourth-order valence-electron chi connectivity index (χ4n) is 4.17. The maximum absolute atomic E-state index is 13.4. The molecule has 0 spiro atoms. The van der Waals surface area contributed by atoms with Gasteiger partial charge in [-0.2, -0.15) is 0 Å². The van der Waals surface area contributed by atoms with Gasteiger partial charge in [0.1, 0.15) is 11.6 Å². The molecular formula is C29H31N3O4. The average molecular weight is 486 g/mol. The number of carboxylic acid groups (broad SMARTS) is 1. The van der Waals surface area contributed by atoms with Crippen molar-refractivity contribution in [2.24, 2.45) is 0 Å². The molecule has 4 N–H and O–H groups in total. The van der Waals surface area contributed by atoms with Crippen LogP contribution in [0.4, 0.5) is 4.79 Å². The number of nitrogens with one attached hydrogen (secondary N) is 3. The van der Waals surface area contributed by atoms with Gasteiger partial charge in [-0.25, -0.2) is 4.79 Å². The monoisotopic (exact) mass is 485 g/mol. The molecule has 0 aromatic heterocycles. The fraction of sp³-hybridized carbons (Fsp3) is 0.207. The average Bonchev–Trinajstić information content (AvgIpc) is 2.91. The van der Waals surface area contributed by atoms with Crippen LogP contribution in [0.2, 0.25) is 0 Å². The Morgan fingerprint density at radius 1 is 0.833 bits per heavy atom. The van der Waals surface area contributed by atoms with Crippen molar-refractivity contribution < 1.29 is 19.5 Å². The smallest absolute Gasteiger partial charge is 0.405 e. The minimum atomic E-state index is -1.33. The highest BCUT2D eigenvalue weighted by Gasteiger charge is 2.38. The number of rotatable bonds is 12. The first-order valence-corrected chi connectivity index (χ1v) is 11.8. The zero-order chi connectivity index (χ0) is 25.8. The van der Waals surface area contributed by atoms with Crippen LogP contribution < -0.4 is 16.0 Å². The standard InChI is InChI=1S/C29H31N3O4/c1-2-3-21-30-27(34)25(31-28(35)36)19-20-26(33)32-29(22-13-7-4-8-14-22,23-15-9-5-10-16-23)24-17-11-6-12-18-24/h2,4-18,25,31H,1,3,19-21H2,(H,30,34)(H,32,33)(H,35,36). The second kappa shape index (κ2) is 12.9. The lowest BCUT2D eigenvalue weighted by Crippen LogP contribution is -2.49. The summed E-state index contributed by atoms with van der Waals surface area (Å²) >= 11 is 0. The lowest BCUT2D eigenvalue weighted by molar-refractivity contribution is -0.124. The molecule has 0 aliphatic rings. The van der Waals surface area contributed by atoms with Crippen molar-refractivity contribution in [1.82, 2.24) is 16.0 Å². The molecule has 36 heavy (non-hydrogen) atoms. The van der Waals surface area contributed by atoms with Gasteiger partial charge in [-0.1, -0.05) is 97.1 Å². The quantitative estimate of drug-likeness (QED) is 0.175. The third-order valence-corrected chi connectivity index (χ3v) is 5.87. The third-order valence-electron chi connectivity index (χ3n) is 5.87. The minimum absolute atomic E-state index is 0.00645. The van der Waals surface area contributed by atoms with E-state index in [1.807, 2.05) is 91.0 Å². The fourth-order valence-corrected chi connectivity index (χ4v) is 4.17. The van der Waals surface area contributed by atoms with Crippen molar-refractivity contribution >= 4 is 17.9 Å². The predicted octanol–water partition coefficient (Wildman–Crippen LogP) is 4.20. The second-order valence-corrected chi connectivity index (χ2v) is 8.31. The van der Waals surface area contributed by atoms with Gasteiger partial charge in [-0.3, -0.25) is 9.59 Å². The van der Waals surface area contributed by atoms with E-state index >= 15 is 0 Å². The van der Waals surface area contributed by atoms with Crippen LogP contribution in [0.1, 0.15) is 36.0 Å². The van der Waals surface area contributed by atoms with Crippen molar-refractivity contribution in [1.29, 1.82) is 0 Å². The van der Waals surface area contributed by atoms with Crippen LogP contribution >= 0.6 is 0 Å². The lowest BCUT2D eigenvalue weighted by Gasteiger charge is -2.37. The van der Waals surface area contributed by atoms with E-state index in [0.29, 0.717) is 13.0 Å². The second-order valence-electron chi connectivity index (χ2n) is 8.31. The van der Waals surface area contributed by atoms with Gasteiger partial charge in [0.25, 0.3) is 0 Å².